The highest BCUT2D eigenvalue weighted by atomic mass is 35.5. The molecule has 0 spiro atoms. The van der Waals surface area contributed by atoms with Gasteiger partial charge in [-0.15, -0.1) is 23.2 Å². The molecule has 0 saturated carbocycles. The van der Waals surface area contributed by atoms with Gasteiger partial charge in [0.1, 0.15) is 0 Å². The van der Waals surface area contributed by atoms with Crippen molar-refractivity contribution in [3.63, 3.8) is 0 Å². The number of aliphatic hydroxyl groups is 2. The van der Waals surface area contributed by atoms with Gasteiger partial charge >= 0.3 is 0 Å². The van der Waals surface area contributed by atoms with Crippen LogP contribution in [0.1, 0.15) is 13.8 Å². The van der Waals surface area contributed by atoms with Crippen molar-refractivity contribution < 1.29 is 30.0 Å². The highest BCUT2D eigenvalue weighted by Gasteiger charge is 2.03. The van der Waals surface area contributed by atoms with Crippen LogP contribution < -0.4 is 0 Å². The van der Waals surface area contributed by atoms with E-state index in [0.29, 0.717) is 0 Å². The van der Waals surface area contributed by atoms with E-state index in [1.807, 2.05) is 0 Å². The van der Waals surface area contributed by atoms with Crippen molar-refractivity contribution in [2.75, 3.05) is 13.2 Å². The summed E-state index contributed by atoms with van der Waals surface area (Å²) in [6.45, 7) is 2.08. The Morgan fingerprint density at radius 3 is 1.67 bits per heavy atom. The van der Waals surface area contributed by atoms with Gasteiger partial charge in [0.2, 0.25) is 0 Å². The molecule has 0 saturated heterocycles. The first-order chi connectivity index (χ1) is 8.17. The molecule has 18 heavy (non-hydrogen) atoms. The summed E-state index contributed by atoms with van der Waals surface area (Å²) in [4.78, 5) is 18.0. The maximum Gasteiger partial charge on any atom is 0.300 e. The van der Waals surface area contributed by atoms with E-state index in [2.05, 4.69) is 0 Å². The predicted molar refractivity (Wildman–Crippen MR) is 72.9 cm³/mol. The number of carboxylic acids is 2. The molecule has 0 fully saturated rings. The van der Waals surface area contributed by atoms with Crippen molar-refractivity contribution in [1.82, 2.24) is 0 Å². The Bertz CT molecular complexity index is 237. The van der Waals surface area contributed by atoms with Gasteiger partial charge in [-0.05, 0) is 0 Å². The summed E-state index contributed by atoms with van der Waals surface area (Å²) in [6, 6.07) is 0. The summed E-state index contributed by atoms with van der Waals surface area (Å²) >= 11 is 11.0. The zero-order valence-electron chi connectivity index (χ0n) is 10.1. The molecule has 4 N–H and O–H groups in total. The fourth-order valence-corrected chi connectivity index (χ4v) is 2.55. The zero-order chi connectivity index (χ0) is 15.1. The molecular formula is C9H18Cl2O6Si. The summed E-state index contributed by atoms with van der Waals surface area (Å²) in [5, 5.41) is 32.7. The third-order valence-corrected chi connectivity index (χ3v) is 3.27. The molecule has 0 aromatic rings. The molecule has 0 rings (SSSR count). The van der Waals surface area contributed by atoms with E-state index in [4.69, 9.17) is 53.2 Å². The standard InChI is InChI=1S/C5H10Cl2O2Si.2C2H4O2/c6-5(7)10-4(3-9)1-2-8;2*1-2(3)4/h1,5,8-9H,2-3,10H2;2*1H3,(H,3,4). The molecule has 0 aliphatic heterocycles. The van der Waals surface area contributed by atoms with Crippen molar-refractivity contribution in [3.8, 4) is 0 Å². The first-order valence-electron chi connectivity index (χ1n) is 4.74. The van der Waals surface area contributed by atoms with E-state index in [0.717, 1.165) is 19.0 Å². The Balaban J connectivity index is -0.000000233. The molecule has 6 nitrogen and oxygen atoms in total. The highest BCUT2D eigenvalue weighted by Crippen LogP contribution is 2.03. The van der Waals surface area contributed by atoms with Crippen LogP contribution in [0.2, 0.25) is 0 Å². The quantitative estimate of drug-likeness (QED) is 0.427. The molecule has 0 aliphatic rings. The van der Waals surface area contributed by atoms with Gasteiger partial charge in [-0.25, -0.2) is 0 Å². The lowest BCUT2D eigenvalue weighted by Gasteiger charge is -2.01. The van der Waals surface area contributed by atoms with Gasteiger partial charge in [-0.1, -0.05) is 11.3 Å². The third kappa shape index (κ3) is 45.3. The Hall–Kier alpha value is -0.603. The number of aliphatic hydroxyl groups excluding tert-OH is 2. The Morgan fingerprint density at radius 1 is 1.17 bits per heavy atom. The summed E-state index contributed by atoms with van der Waals surface area (Å²) in [6.07, 6.45) is 1.56. The number of hydrogen-bond donors (Lipinski definition) is 4. The molecular weight excluding hydrogens is 303 g/mol. The van der Waals surface area contributed by atoms with E-state index in [1.165, 1.54) is 0 Å². The van der Waals surface area contributed by atoms with Gasteiger partial charge in [-0.3, -0.25) is 9.59 Å². The largest absolute Gasteiger partial charge is 0.481 e. The predicted octanol–water partition coefficient (Wildman–Crippen LogP) is -0.0333. The van der Waals surface area contributed by atoms with Crippen LogP contribution in [0.3, 0.4) is 0 Å². The van der Waals surface area contributed by atoms with Gasteiger partial charge in [0.05, 0.1) is 27.2 Å². The second kappa shape index (κ2) is 16.4. The van der Waals surface area contributed by atoms with E-state index >= 15 is 0 Å². The molecule has 0 atom stereocenters. The van der Waals surface area contributed by atoms with Crippen molar-refractivity contribution in [3.05, 3.63) is 11.3 Å². The second-order valence-electron chi connectivity index (χ2n) is 2.84. The molecule has 0 bridgehead atoms. The molecule has 0 unspecified atom stereocenters. The summed E-state index contributed by atoms with van der Waals surface area (Å²) in [5.41, 5.74) is 0. The van der Waals surface area contributed by atoms with Crippen LogP contribution in [0.4, 0.5) is 0 Å². The minimum atomic E-state index is -0.833. The van der Waals surface area contributed by atoms with Crippen LogP contribution in [-0.4, -0.2) is 59.6 Å². The van der Waals surface area contributed by atoms with Crippen LogP contribution in [0.5, 0.6) is 0 Å². The maximum atomic E-state index is 9.00. The Labute approximate surface area is 118 Å². The fourth-order valence-electron chi connectivity index (χ4n) is 0.540. The average molecular weight is 321 g/mol. The lowest BCUT2D eigenvalue weighted by atomic mass is 10.5. The van der Waals surface area contributed by atoms with E-state index in [1.54, 1.807) is 6.08 Å². The van der Waals surface area contributed by atoms with Crippen LogP contribution in [0.25, 0.3) is 0 Å². The first kappa shape index (κ1) is 22.6. The van der Waals surface area contributed by atoms with Crippen molar-refractivity contribution in [2.24, 2.45) is 0 Å². The molecule has 0 radical (unpaired) electrons. The van der Waals surface area contributed by atoms with E-state index in [-0.39, 0.29) is 17.7 Å². The number of rotatable bonds is 4. The van der Waals surface area contributed by atoms with E-state index in [9.17, 15) is 0 Å². The summed E-state index contributed by atoms with van der Waals surface area (Å²) < 4.78 is -0.370. The van der Waals surface area contributed by atoms with Crippen LogP contribution in [0.15, 0.2) is 11.3 Å². The molecule has 0 aromatic heterocycles. The smallest absolute Gasteiger partial charge is 0.300 e. The summed E-state index contributed by atoms with van der Waals surface area (Å²) in [7, 11) is -0.769. The van der Waals surface area contributed by atoms with E-state index < -0.39 is 21.5 Å². The van der Waals surface area contributed by atoms with Crippen molar-refractivity contribution >= 4 is 44.7 Å². The van der Waals surface area contributed by atoms with Gasteiger partial charge in [0.25, 0.3) is 11.9 Å². The summed E-state index contributed by atoms with van der Waals surface area (Å²) in [5.74, 6) is -1.67. The molecule has 108 valence electrons. The Kier molecular flexibility index (Phi) is 20.6. The van der Waals surface area contributed by atoms with Gasteiger partial charge in [0, 0.05) is 13.8 Å². The fraction of sp³-hybridized carbons (Fsp3) is 0.556. The van der Waals surface area contributed by atoms with Gasteiger partial charge in [-0.2, -0.15) is 0 Å². The number of carboxylic acid groups (broad SMARTS) is 2. The molecule has 0 aliphatic carbocycles. The molecule has 0 heterocycles. The lowest BCUT2D eigenvalue weighted by Crippen LogP contribution is -2.09. The lowest BCUT2D eigenvalue weighted by molar-refractivity contribution is -0.135. The molecule has 0 aromatic carbocycles. The topological polar surface area (TPSA) is 115 Å². The van der Waals surface area contributed by atoms with Gasteiger partial charge < -0.3 is 20.4 Å². The molecule has 9 heteroatoms. The van der Waals surface area contributed by atoms with Gasteiger partial charge in [0.15, 0.2) is 0 Å². The normalized spacial score (nSPS) is 10.5. The van der Waals surface area contributed by atoms with Crippen LogP contribution in [-0.2, 0) is 9.59 Å². The van der Waals surface area contributed by atoms with Crippen molar-refractivity contribution in [2.45, 2.75) is 18.3 Å². The minimum Gasteiger partial charge on any atom is -0.481 e. The number of aliphatic carboxylic acids is 2. The average Bonchev–Trinajstić information content (AvgIpc) is 2.14. The van der Waals surface area contributed by atoms with Crippen molar-refractivity contribution in [1.29, 1.82) is 0 Å². The maximum absolute atomic E-state index is 9.00. The first-order valence-corrected chi connectivity index (χ1v) is 7.13. The van der Waals surface area contributed by atoms with Crippen LogP contribution >= 0.6 is 23.2 Å². The van der Waals surface area contributed by atoms with Crippen LogP contribution in [0, 0.1) is 0 Å². The number of halogens is 2. The minimum absolute atomic E-state index is 0.0390. The number of alkyl halides is 2. The number of hydrogen-bond acceptors (Lipinski definition) is 4. The number of carbonyl (C=O) groups is 2. The zero-order valence-corrected chi connectivity index (χ0v) is 13.1. The highest BCUT2D eigenvalue weighted by molar-refractivity contribution is 6.72. The monoisotopic (exact) mass is 320 g/mol. The Morgan fingerprint density at radius 2 is 1.50 bits per heavy atom. The second-order valence-corrected chi connectivity index (χ2v) is 7.28. The third-order valence-electron chi connectivity index (χ3n) is 1.000. The molecule has 0 amide bonds. The SMILES string of the molecule is CC(=O)O.CC(=O)O.OCC=C(CO)[SiH2]C(Cl)Cl.